The van der Waals surface area contributed by atoms with Gasteiger partial charge in [-0.25, -0.2) is 0 Å². The van der Waals surface area contributed by atoms with Gasteiger partial charge in [0.05, 0.1) is 19.1 Å². The van der Waals surface area contributed by atoms with Crippen LogP contribution in [0.15, 0.2) is 30.6 Å². The summed E-state index contributed by atoms with van der Waals surface area (Å²) in [6, 6.07) is 5.72. The van der Waals surface area contributed by atoms with Crippen LogP contribution in [0.2, 0.25) is 0 Å². The van der Waals surface area contributed by atoms with Gasteiger partial charge in [-0.3, -0.25) is 24.2 Å². The third kappa shape index (κ3) is 17.2. The van der Waals surface area contributed by atoms with Gasteiger partial charge >= 0.3 is 0 Å². The van der Waals surface area contributed by atoms with E-state index in [1.54, 1.807) is 31.5 Å². The Morgan fingerprint density at radius 2 is 1.69 bits per heavy atom. The number of nitrogens with zero attached hydrogens (tertiary/aromatic N) is 2. The lowest BCUT2D eigenvalue weighted by Crippen LogP contribution is -2.34. The Morgan fingerprint density at radius 1 is 1.02 bits per heavy atom. The maximum absolute atomic E-state index is 11.5. The van der Waals surface area contributed by atoms with E-state index in [2.05, 4.69) is 10.3 Å². The number of nitrogens with two attached hydrogens (primary N) is 1. The van der Waals surface area contributed by atoms with Crippen LogP contribution < -0.4 is 11.1 Å². The molecule has 0 unspecified atom stereocenters. The van der Waals surface area contributed by atoms with Crippen LogP contribution in [0.1, 0.15) is 80.9 Å². The highest BCUT2D eigenvalue weighted by Gasteiger charge is 2.31. The third-order valence-corrected chi connectivity index (χ3v) is 7.53. The SMILES string of the molecule is CC(C)C(=O)C1CCC1.COCCNC(=O)[C@H]1CC(=O)N(C)C1.NC(=O)CCOCC1CCCCC1.[HH].[HH].c1ccncc1. The van der Waals surface area contributed by atoms with Gasteiger partial charge in [0, 0.05) is 73.8 Å². The minimum absolute atomic E-state index is 0. The van der Waals surface area contributed by atoms with Gasteiger partial charge in [0.25, 0.3) is 0 Å². The van der Waals surface area contributed by atoms with Gasteiger partial charge in [-0.05, 0) is 43.7 Å². The van der Waals surface area contributed by atoms with Crippen LogP contribution in [-0.2, 0) is 28.7 Å². The molecule has 10 nitrogen and oxygen atoms in total. The number of carbonyl (C=O) groups excluding carboxylic acids is 4. The molecule has 1 saturated heterocycles. The number of ether oxygens (including phenoxy) is 2. The van der Waals surface area contributed by atoms with Gasteiger partial charge in [-0.15, -0.1) is 0 Å². The van der Waals surface area contributed by atoms with Crippen molar-refractivity contribution in [3.63, 3.8) is 0 Å². The summed E-state index contributed by atoms with van der Waals surface area (Å²) in [5.74, 6) is 1.41. The molecular formula is C32H58N4O6. The summed E-state index contributed by atoms with van der Waals surface area (Å²) in [5.41, 5.74) is 4.99. The van der Waals surface area contributed by atoms with Gasteiger partial charge in [0.1, 0.15) is 5.78 Å². The number of primary amides is 1. The largest absolute Gasteiger partial charge is 0.383 e. The molecule has 2 aliphatic carbocycles. The molecule has 4 rings (SSSR count). The summed E-state index contributed by atoms with van der Waals surface area (Å²) in [6.45, 7) is 6.81. The van der Waals surface area contributed by atoms with Gasteiger partial charge in [-0.1, -0.05) is 45.6 Å². The van der Waals surface area contributed by atoms with E-state index >= 15 is 0 Å². The Hall–Kier alpha value is -2.85. The minimum atomic E-state index is -0.274. The summed E-state index contributed by atoms with van der Waals surface area (Å²) in [4.78, 5) is 49.5. The fraction of sp³-hybridized carbons (Fsp3) is 0.719. The number of amides is 3. The first kappa shape index (κ1) is 37.2. The highest BCUT2D eigenvalue weighted by atomic mass is 16.5. The predicted octanol–water partition coefficient (Wildman–Crippen LogP) is 4.27. The summed E-state index contributed by atoms with van der Waals surface area (Å²) < 4.78 is 10.2. The lowest BCUT2D eigenvalue weighted by Gasteiger charge is -2.25. The number of pyridine rings is 1. The molecule has 2 saturated carbocycles. The molecule has 1 aliphatic heterocycles. The van der Waals surface area contributed by atoms with Crippen molar-refractivity contribution in [2.24, 2.45) is 29.4 Å². The van der Waals surface area contributed by atoms with E-state index in [0.717, 1.165) is 25.4 Å². The molecular weight excluding hydrogens is 536 g/mol. The molecule has 1 aromatic heterocycles. The first-order valence-corrected chi connectivity index (χ1v) is 15.4. The second kappa shape index (κ2) is 22.7. The minimum Gasteiger partial charge on any atom is -0.383 e. The van der Waals surface area contributed by atoms with Crippen molar-refractivity contribution in [1.29, 1.82) is 0 Å². The number of nitrogens with one attached hydrogen (secondary N) is 1. The van der Waals surface area contributed by atoms with E-state index in [0.29, 0.717) is 50.8 Å². The number of likely N-dealkylation sites (tertiary alicyclic amines) is 1. The summed E-state index contributed by atoms with van der Waals surface area (Å²) in [5, 5.41) is 2.72. The van der Waals surface area contributed by atoms with Crippen LogP contribution in [0.5, 0.6) is 0 Å². The Balaban J connectivity index is 0. The zero-order valence-corrected chi connectivity index (χ0v) is 26.2. The number of methoxy groups -OCH3 is 1. The summed E-state index contributed by atoms with van der Waals surface area (Å²) in [6.07, 6.45) is 14.4. The van der Waals surface area contributed by atoms with Crippen molar-refractivity contribution >= 4 is 23.5 Å². The van der Waals surface area contributed by atoms with E-state index in [-0.39, 0.29) is 32.4 Å². The molecule has 0 radical (unpaired) electrons. The molecule has 3 amide bonds. The highest BCUT2D eigenvalue weighted by Crippen LogP contribution is 2.29. The fourth-order valence-corrected chi connectivity index (χ4v) is 4.71. The normalized spacial score (nSPS) is 18.4. The Morgan fingerprint density at radius 3 is 2.10 bits per heavy atom. The Labute approximate surface area is 255 Å². The van der Waals surface area contributed by atoms with Crippen molar-refractivity contribution in [2.45, 2.75) is 78.1 Å². The molecule has 0 aromatic carbocycles. The average Bonchev–Trinajstić information content (AvgIpc) is 3.30. The quantitative estimate of drug-likeness (QED) is 0.365. The lowest BCUT2D eigenvalue weighted by atomic mass is 9.79. The van der Waals surface area contributed by atoms with Gasteiger partial charge in [0.2, 0.25) is 17.7 Å². The van der Waals surface area contributed by atoms with Crippen molar-refractivity contribution in [3.05, 3.63) is 30.6 Å². The first-order chi connectivity index (χ1) is 20.1. The zero-order valence-electron chi connectivity index (χ0n) is 26.2. The fourth-order valence-electron chi connectivity index (χ4n) is 4.71. The Kier molecular flexibility index (Phi) is 20.1. The average molecular weight is 595 g/mol. The molecule has 2 heterocycles. The Bertz CT molecular complexity index is 873. The van der Waals surface area contributed by atoms with Gasteiger partial charge in [-0.2, -0.15) is 0 Å². The van der Waals surface area contributed by atoms with Crippen LogP contribution in [0.4, 0.5) is 0 Å². The lowest BCUT2D eigenvalue weighted by molar-refractivity contribution is -0.128. The van der Waals surface area contributed by atoms with Gasteiger partial charge in [0.15, 0.2) is 0 Å². The van der Waals surface area contributed by atoms with Crippen molar-refractivity contribution < 1.29 is 31.5 Å². The second-order valence-corrected chi connectivity index (χ2v) is 11.5. The number of hydrogen-bond acceptors (Lipinski definition) is 7. The number of carbonyl (C=O) groups is 4. The standard InChI is InChI=1S/C10H19NO2.C9H16N2O3.C8H14O.C5H5N.2H2/c11-10(12)6-7-13-8-9-4-2-1-3-5-9;1-11-6-7(5-8(11)12)9(13)10-3-4-14-2;1-6(2)8(9)7-4-3-5-7;1-2-4-6-5-3-1;;/h9H,1-8H2,(H2,11,12);7H,3-6H2,1-2H3,(H,10,13);6-7H,3-5H2,1-2H3;1-5H;2*1H/t;7-;;;;/m.0..../s1. The highest BCUT2D eigenvalue weighted by molar-refractivity contribution is 5.89. The second-order valence-electron chi connectivity index (χ2n) is 11.5. The van der Waals surface area contributed by atoms with E-state index in [1.807, 2.05) is 32.0 Å². The number of rotatable bonds is 11. The maximum Gasteiger partial charge on any atom is 0.225 e. The number of ketones is 1. The molecule has 3 aliphatic rings. The molecule has 0 bridgehead atoms. The zero-order chi connectivity index (χ0) is 31.2. The van der Waals surface area contributed by atoms with Crippen LogP contribution >= 0.6 is 0 Å². The van der Waals surface area contributed by atoms with Gasteiger partial charge < -0.3 is 25.4 Å². The maximum atomic E-state index is 11.5. The molecule has 3 fully saturated rings. The predicted molar refractivity (Wildman–Crippen MR) is 167 cm³/mol. The van der Waals surface area contributed by atoms with E-state index in [1.165, 1.54) is 38.5 Å². The van der Waals surface area contributed by atoms with Crippen LogP contribution in [0.3, 0.4) is 0 Å². The van der Waals surface area contributed by atoms with E-state index in [9.17, 15) is 19.2 Å². The van der Waals surface area contributed by atoms with E-state index in [4.69, 9.17) is 15.2 Å². The van der Waals surface area contributed by atoms with Crippen molar-refractivity contribution in [1.82, 2.24) is 15.2 Å². The molecule has 1 atom stereocenters. The van der Waals surface area contributed by atoms with Crippen LogP contribution in [0, 0.1) is 23.7 Å². The number of hydrogen-bond donors (Lipinski definition) is 2. The molecule has 10 heteroatoms. The third-order valence-electron chi connectivity index (χ3n) is 7.53. The molecule has 42 heavy (non-hydrogen) atoms. The van der Waals surface area contributed by atoms with E-state index < -0.39 is 0 Å². The summed E-state index contributed by atoms with van der Waals surface area (Å²) in [7, 11) is 3.30. The van der Waals surface area contributed by atoms with Crippen molar-refractivity contribution in [3.8, 4) is 0 Å². The van der Waals surface area contributed by atoms with Crippen molar-refractivity contribution in [2.75, 3.05) is 47.1 Å². The summed E-state index contributed by atoms with van der Waals surface area (Å²) >= 11 is 0. The number of Topliss-reactive ketones (excluding diaryl/α,β-unsaturated/α-hetero) is 1. The number of aromatic nitrogens is 1. The first-order valence-electron chi connectivity index (χ1n) is 15.4. The smallest absolute Gasteiger partial charge is 0.225 e. The molecule has 1 aromatic rings. The van der Waals surface area contributed by atoms with Crippen LogP contribution in [-0.4, -0.2) is 80.5 Å². The monoisotopic (exact) mass is 594 g/mol. The molecule has 3 N–H and O–H groups in total. The topological polar surface area (TPSA) is 141 Å². The molecule has 242 valence electrons. The van der Waals surface area contributed by atoms with Crippen LogP contribution in [0.25, 0.3) is 0 Å². The molecule has 0 spiro atoms.